The second kappa shape index (κ2) is 7.57. The molecule has 24 heavy (non-hydrogen) atoms. The molecule has 0 aliphatic heterocycles. The molecule has 0 spiro atoms. The third kappa shape index (κ3) is 3.48. The maximum atomic E-state index is 12.5. The average molecular weight is 330 g/mol. The zero-order valence-corrected chi connectivity index (χ0v) is 13.6. The Morgan fingerprint density at radius 1 is 1.21 bits per heavy atom. The Morgan fingerprint density at radius 2 is 1.92 bits per heavy atom. The third-order valence-corrected chi connectivity index (χ3v) is 4.55. The lowest BCUT2D eigenvalue weighted by atomic mass is 9.90. The topological polar surface area (TPSA) is 81.4 Å². The van der Waals surface area contributed by atoms with E-state index in [0.717, 1.165) is 17.5 Å². The largest absolute Gasteiger partial charge is 0.461 e. The summed E-state index contributed by atoms with van der Waals surface area (Å²) in [4.78, 5) is 24.8. The molecule has 3 rings (SSSR count). The average Bonchev–Trinajstić information content (AvgIpc) is 2.63. The van der Waals surface area contributed by atoms with Crippen molar-refractivity contribution in [2.75, 3.05) is 13.2 Å². The van der Waals surface area contributed by atoms with Crippen molar-refractivity contribution >= 4 is 16.7 Å². The zero-order valence-electron chi connectivity index (χ0n) is 13.6. The van der Waals surface area contributed by atoms with Gasteiger partial charge in [-0.1, -0.05) is 37.5 Å². The van der Waals surface area contributed by atoms with Crippen LogP contribution in [-0.2, 0) is 11.3 Å². The van der Waals surface area contributed by atoms with Gasteiger partial charge >= 0.3 is 5.97 Å². The van der Waals surface area contributed by atoms with Crippen molar-refractivity contribution in [3.05, 3.63) is 40.3 Å². The number of fused-ring (bicyclic) bond motifs is 1. The molecule has 0 atom stereocenters. The van der Waals surface area contributed by atoms with Gasteiger partial charge in [0.25, 0.3) is 5.56 Å². The fourth-order valence-corrected chi connectivity index (χ4v) is 3.25. The summed E-state index contributed by atoms with van der Waals surface area (Å²) < 4.78 is 6.59. The van der Waals surface area contributed by atoms with Crippen molar-refractivity contribution in [1.82, 2.24) is 9.78 Å². The van der Waals surface area contributed by atoms with Crippen molar-refractivity contribution in [3.63, 3.8) is 0 Å². The smallest absolute Gasteiger partial charge is 0.359 e. The van der Waals surface area contributed by atoms with Crippen LogP contribution in [0.25, 0.3) is 10.8 Å². The van der Waals surface area contributed by atoms with Gasteiger partial charge in [-0.15, -0.1) is 0 Å². The third-order valence-electron chi connectivity index (χ3n) is 4.55. The Morgan fingerprint density at radius 3 is 2.62 bits per heavy atom. The van der Waals surface area contributed by atoms with E-state index in [0.29, 0.717) is 23.3 Å². The van der Waals surface area contributed by atoms with E-state index in [1.807, 2.05) is 0 Å². The molecule has 128 valence electrons. The molecule has 6 nitrogen and oxygen atoms in total. The number of aromatic nitrogens is 2. The fourth-order valence-electron chi connectivity index (χ4n) is 3.25. The highest BCUT2D eigenvalue weighted by Gasteiger charge is 2.20. The van der Waals surface area contributed by atoms with Crippen molar-refractivity contribution in [2.45, 2.75) is 38.6 Å². The molecular weight excluding hydrogens is 308 g/mol. The molecule has 0 bridgehead atoms. The van der Waals surface area contributed by atoms with Crippen LogP contribution >= 0.6 is 0 Å². The summed E-state index contributed by atoms with van der Waals surface area (Å²) in [5.74, 6) is -0.0965. The Kier molecular flexibility index (Phi) is 5.25. The number of aliphatic hydroxyl groups is 1. The van der Waals surface area contributed by atoms with Crippen LogP contribution in [0.15, 0.2) is 29.1 Å². The molecule has 1 aromatic carbocycles. The fraction of sp³-hybridized carbons (Fsp3) is 0.500. The molecule has 1 fully saturated rings. The summed E-state index contributed by atoms with van der Waals surface area (Å²) in [5, 5.41) is 14.1. The van der Waals surface area contributed by atoms with E-state index in [9.17, 15) is 9.59 Å². The van der Waals surface area contributed by atoms with E-state index in [1.54, 1.807) is 24.3 Å². The predicted octanol–water partition coefficient (Wildman–Crippen LogP) is 2.13. The molecule has 0 amide bonds. The molecule has 2 aromatic rings. The minimum atomic E-state index is -0.511. The lowest BCUT2D eigenvalue weighted by Gasteiger charge is -2.21. The number of aliphatic hydroxyl groups excluding tert-OH is 1. The summed E-state index contributed by atoms with van der Waals surface area (Å²) in [6.07, 6.45) is 5.80. The predicted molar refractivity (Wildman–Crippen MR) is 89.9 cm³/mol. The molecule has 1 heterocycles. The first-order valence-electron chi connectivity index (χ1n) is 8.48. The van der Waals surface area contributed by atoms with Gasteiger partial charge in [0.1, 0.15) is 0 Å². The molecule has 1 N–H and O–H groups in total. The Labute approximate surface area is 140 Å². The van der Waals surface area contributed by atoms with Gasteiger partial charge in [-0.05, 0) is 24.8 Å². The molecule has 0 saturated heterocycles. The van der Waals surface area contributed by atoms with Crippen LogP contribution in [0, 0.1) is 5.92 Å². The van der Waals surface area contributed by atoms with E-state index in [4.69, 9.17) is 9.84 Å². The van der Waals surface area contributed by atoms with Crippen LogP contribution in [-0.4, -0.2) is 34.1 Å². The summed E-state index contributed by atoms with van der Waals surface area (Å²) >= 11 is 0. The van der Waals surface area contributed by atoms with Crippen LogP contribution in [0.3, 0.4) is 0 Å². The van der Waals surface area contributed by atoms with Gasteiger partial charge in [0.15, 0.2) is 5.69 Å². The lowest BCUT2D eigenvalue weighted by Crippen LogP contribution is -2.28. The monoisotopic (exact) mass is 330 g/mol. The van der Waals surface area contributed by atoms with Crippen molar-refractivity contribution in [3.8, 4) is 0 Å². The van der Waals surface area contributed by atoms with Gasteiger partial charge in [-0.25, -0.2) is 9.48 Å². The Hall–Kier alpha value is -2.21. The van der Waals surface area contributed by atoms with Crippen molar-refractivity contribution in [2.24, 2.45) is 5.92 Å². The quantitative estimate of drug-likeness (QED) is 0.849. The SMILES string of the molecule is O=C(OCC1CCCCC1)c1nn(CCO)c(=O)c2ccccc12. The van der Waals surface area contributed by atoms with E-state index in [-0.39, 0.29) is 24.4 Å². The number of hydrogen-bond donors (Lipinski definition) is 1. The highest BCUT2D eigenvalue weighted by Crippen LogP contribution is 2.24. The maximum absolute atomic E-state index is 12.5. The van der Waals surface area contributed by atoms with Gasteiger partial charge in [0, 0.05) is 5.39 Å². The first-order valence-corrected chi connectivity index (χ1v) is 8.48. The first kappa shape index (κ1) is 16.6. The number of rotatable bonds is 5. The maximum Gasteiger partial charge on any atom is 0.359 e. The number of hydrogen-bond acceptors (Lipinski definition) is 5. The number of benzene rings is 1. The number of esters is 1. The molecule has 1 aromatic heterocycles. The van der Waals surface area contributed by atoms with Gasteiger partial charge in [-0.3, -0.25) is 4.79 Å². The van der Waals surface area contributed by atoms with E-state index in [2.05, 4.69) is 5.10 Å². The molecule has 6 heteroatoms. The molecule has 0 unspecified atom stereocenters. The van der Waals surface area contributed by atoms with Gasteiger partial charge in [-0.2, -0.15) is 5.10 Å². The van der Waals surface area contributed by atoms with Crippen LogP contribution in [0.2, 0.25) is 0 Å². The zero-order chi connectivity index (χ0) is 16.9. The van der Waals surface area contributed by atoms with E-state index >= 15 is 0 Å². The summed E-state index contributed by atoms with van der Waals surface area (Å²) in [6.45, 7) is 0.225. The highest BCUT2D eigenvalue weighted by molar-refractivity contribution is 6.02. The first-order chi connectivity index (χ1) is 11.7. The van der Waals surface area contributed by atoms with Crippen molar-refractivity contribution in [1.29, 1.82) is 0 Å². The normalized spacial score (nSPS) is 15.5. The van der Waals surface area contributed by atoms with E-state index in [1.165, 1.54) is 19.3 Å². The van der Waals surface area contributed by atoms with Crippen LogP contribution in [0.4, 0.5) is 0 Å². The summed E-state index contributed by atoms with van der Waals surface area (Å²) in [5.41, 5.74) is -0.182. The second-order valence-electron chi connectivity index (χ2n) is 6.25. The number of carbonyl (C=O) groups excluding carboxylic acids is 1. The summed E-state index contributed by atoms with van der Waals surface area (Å²) in [6, 6.07) is 6.86. The highest BCUT2D eigenvalue weighted by atomic mass is 16.5. The summed E-state index contributed by atoms with van der Waals surface area (Å²) in [7, 11) is 0. The lowest BCUT2D eigenvalue weighted by molar-refractivity contribution is 0.0402. The van der Waals surface area contributed by atoms with Gasteiger partial charge in [0.05, 0.1) is 25.1 Å². The minimum Gasteiger partial charge on any atom is -0.461 e. The Balaban J connectivity index is 1.88. The van der Waals surface area contributed by atoms with Gasteiger partial charge < -0.3 is 9.84 Å². The molecular formula is C18H22N2O4. The van der Waals surface area contributed by atoms with Crippen LogP contribution in [0.1, 0.15) is 42.6 Å². The standard InChI is InChI=1S/C18H22N2O4/c21-11-10-20-17(22)15-9-5-4-8-14(15)16(19-20)18(23)24-12-13-6-2-1-3-7-13/h4-5,8-9,13,21H,1-3,6-7,10-12H2. The second-order valence-corrected chi connectivity index (χ2v) is 6.25. The van der Waals surface area contributed by atoms with Gasteiger partial charge in [0.2, 0.25) is 0 Å². The van der Waals surface area contributed by atoms with Crippen LogP contribution < -0.4 is 5.56 Å². The molecule has 1 saturated carbocycles. The number of nitrogens with zero attached hydrogens (tertiary/aromatic N) is 2. The Bertz CT molecular complexity index is 778. The number of carbonyl (C=O) groups is 1. The molecule has 0 radical (unpaired) electrons. The molecule has 1 aliphatic rings. The van der Waals surface area contributed by atoms with Crippen molar-refractivity contribution < 1.29 is 14.6 Å². The van der Waals surface area contributed by atoms with Crippen LogP contribution in [0.5, 0.6) is 0 Å². The minimum absolute atomic E-state index is 0.0482. The number of ether oxygens (including phenoxy) is 1. The van der Waals surface area contributed by atoms with E-state index < -0.39 is 5.97 Å². The molecule has 1 aliphatic carbocycles.